The van der Waals surface area contributed by atoms with Gasteiger partial charge in [0.2, 0.25) is 0 Å². The van der Waals surface area contributed by atoms with E-state index in [1.54, 1.807) is 19.2 Å². The van der Waals surface area contributed by atoms with Gasteiger partial charge in [0.1, 0.15) is 11.6 Å². The van der Waals surface area contributed by atoms with Gasteiger partial charge in [0.25, 0.3) is 0 Å². The summed E-state index contributed by atoms with van der Waals surface area (Å²) in [5, 5.41) is 0. The zero-order valence-electron chi connectivity index (χ0n) is 12.4. The smallest absolute Gasteiger partial charge is 0.131 e. The molecule has 1 aromatic rings. The number of nitrogens with one attached hydrogen (secondary N) is 1. The molecule has 112 valence electrons. The maximum Gasteiger partial charge on any atom is 0.131 e. The predicted octanol–water partition coefficient (Wildman–Crippen LogP) is 3.56. The van der Waals surface area contributed by atoms with E-state index < -0.39 is 0 Å². The molecule has 1 saturated carbocycles. The van der Waals surface area contributed by atoms with Gasteiger partial charge < -0.3 is 4.74 Å². The van der Waals surface area contributed by atoms with Crippen molar-refractivity contribution in [3.05, 3.63) is 29.6 Å². The van der Waals surface area contributed by atoms with Crippen LogP contribution in [-0.2, 0) is 0 Å². The van der Waals surface area contributed by atoms with Gasteiger partial charge in [-0.2, -0.15) is 0 Å². The summed E-state index contributed by atoms with van der Waals surface area (Å²) in [6.07, 6.45) is 5.84. The fourth-order valence-electron chi connectivity index (χ4n) is 3.46. The van der Waals surface area contributed by atoms with Gasteiger partial charge in [0.15, 0.2) is 0 Å². The van der Waals surface area contributed by atoms with Crippen molar-refractivity contribution in [3.8, 4) is 5.75 Å². The predicted molar refractivity (Wildman–Crippen MR) is 78.8 cm³/mol. The summed E-state index contributed by atoms with van der Waals surface area (Å²) in [6, 6.07) is 4.76. The number of hydrogen-bond acceptors (Lipinski definition) is 3. The van der Waals surface area contributed by atoms with Crippen molar-refractivity contribution in [1.29, 1.82) is 0 Å². The first kappa shape index (κ1) is 15.3. The van der Waals surface area contributed by atoms with E-state index >= 15 is 0 Å². The van der Waals surface area contributed by atoms with Gasteiger partial charge >= 0.3 is 0 Å². The van der Waals surface area contributed by atoms with Gasteiger partial charge in [-0.25, -0.2) is 4.39 Å². The van der Waals surface area contributed by atoms with Crippen molar-refractivity contribution in [2.75, 3.05) is 7.11 Å². The molecule has 1 aliphatic carbocycles. The second kappa shape index (κ2) is 7.04. The Morgan fingerprint density at radius 2 is 2.25 bits per heavy atom. The summed E-state index contributed by atoms with van der Waals surface area (Å²) < 4.78 is 19.6. The molecule has 1 aliphatic rings. The molecule has 0 aromatic heterocycles. The Labute approximate surface area is 120 Å². The number of halogens is 1. The normalized spacial score (nSPS) is 24.4. The number of ether oxygens (including phenoxy) is 1. The molecular formula is C16H25FN2O. The first-order valence-corrected chi connectivity index (χ1v) is 7.49. The van der Waals surface area contributed by atoms with Crippen LogP contribution in [0, 0.1) is 17.7 Å². The molecule has 20 heavy (non-hydrogen) atoms. The summed E-state index contributed by atoms with van der Waals surface area (Å²) in [7, 11) is 1.57. The van der Waals surface area contributed by atoms with Crippen LogP contribution in [-0.4, -0.2) is 7.11 Å². The second-order valence-corrected chi connectivity index (χ2v) is 5.70. The third kappa shape index (κ3) is 3.13. The van der Waals surface area contributed by atoms with Crippen LogP contribution in [0.5, 0.6) is 5.75 Å². The summed E-state index contributed by atoms with van der Waals surface area (Å²) in [5.41, 5.74) is 3.40. The van der Waals surface area contributed by atoms with E-state index in [9.17, 15) is 4.39 Å². The van der Waals surface area contributed by atoms with Crippen molar-refractivity contribution in [1.82, 2.24) is 5.43 Å². The maximum atomic E-state index is 14.2. The molecule has 1 aromatic carbocycles. The second-order valence-electron chi connectivity index (χ2n) is 5.70. The molecule has 0 spiro atoms. The average Bonchev–Trinajstić information content (AvgIpc) is 2.49. The molecule has 3 nitrogen and oxygen atoms in total. The van der Waals surface area contributed by atoms with E-state index in [2.05, 4.69) is 12.3 Å². The Morgan fingerprint density at radius 1 is 1.45 bits per heavy atom. The molecule has 0 saturated heterocycles. The molecule has 1 fully saturated rings. The van der Waals surface area contributed by atoms with Crippen molar-refractivity contribution >= 4 is 0 Å². The molecule has 0 radical (unpaired) electrons. The van der Waals surface area contributed by atoms with Crippen molar-refractivity contribution < 1.29 is 9.13 Å². The zero-order valence-corrected chi connectivity index (χ0v) is 12.4. The van der Waals surface area contributed by atoms with E-state index in [0.29, 0.717) is 17.2 Å². The van der Waals surface area contributed by atoms with Crippen molar-refractivity contribution in [2.24, 2.45) is 17.7 Å². The van der Waals surface area contributed by atoms with Crippen LogP contribution in [0.1, 0.15) is 50.6 Å². The van der Waals surface area contributed by atoms with Crippen LogP contribution in [0.4, 0.5) is 4.39 Å². The number of methoxy groups -OCH3 is 1. The quantitative estimate of drug-likeness (QED) is 0.640. The maximum absolute atomic E-state index is 14.2. The SMILES string of the molecule is CCC1CCCC(C(NN)c2c(F)cccc2OC)C1. The van der Waals surface area contributed by atoms with Gasteiger partial charge in [-0.15, -0.1) is 0 Å². The van der Waals surface area contributed by atoms with E-state index in [0.717, 1.165) is 18.8 Å². The minimum atomic E-state index is -0.245. The van der Waals surface area contributed by atoms with E-state index in [1.165, 1.54) is 25.3 Å². The zero-order chi connectivity index (χ0) is 14.5. The number of rotatable bonds is 5. The number of nitrogens with two attached hydrogens (primary N) is 1. The number of benzene rings is 1. The Bertz CT molecular complexity index is 438. The Kier molecular flexibility index (Phi) is 5.38. The average molecular weight is 280 g/mol. The summed E-state index contributed by atoms with van der Waals surface area (Å²) in [4.78, 5) is 0. The van der Waals surface area contributed by atoms with Gasteiger partial charge in [-0.1, -0.05) is 32.3 Å². The number of hydrazine groups is 1. The van der Waals surface area contributed by atoms with Crippen LogP contribution >= 0.6 is 0 Å². The lowest BCUT2D eigenvalue weighted by molar-refractivity contribution is 0.204. The molecule has 3 unspecified atom stereocenters. The third-order valence-corrected chi connectivity index (χ3v) is 4.60. The fraction of sp³-hybridized carbons (Fsp3) is 0.625. The van der Waals surface area contributed by atoms with Gasteiger partial charge in [0.05, 0.1) is 13.2 Å². The van der Waals surface area contributed by atoms with Crippen LogP contribution in [0.15, 0.2) is 18.2 Å². The van der Waals surface area contributed by atoms with Crippen LogP contribution in [0.2, 0.25) is 0 Å². The van der Waals surface area contributed by atoms with Crippen molar-refractivity contribution in [2.45, 2.75) is 45.1 Å². The molecule has 0 aliphatic heterocycles. The lowest BCUT2D eigenvalue weighted by Crippen LogP contribution is -2.36. The lowest BCUT2D eigenvalue weighted by Gasteiger charge is -2.34. The van der Waals surface area contributed by atoms with E-state index in [-0.39, 0.29) is 11.9 Å². The Hall–Kier alpha value is -1.13. The van der Waals surface area contributed by atoms with Gasteiger partial charge in [-0.3, -0.25) is 11.3 Å². The van der Waals surface area contributed by atoms with Gasteiger partial charge in [0, 0.05) is 5.56 Å². The molecule has 0 amide bonds. The standard InChI is InChI=1S/C16H25FN2O/c1-3-11-6-4-7-12(10-11)16(19-18)15-13(17)8-5-9-14(15)20-2/h5,8-9,11-12,16,19H,3-4,6-7,10,18H2,1-2H3. The molecule has 3 N–H and O–H groups in total. The minimum absolute atomic E-state index is 0.180. The fourth-order valence-corrected chi connectivity index (χ4v) is 3.46. The largest absolute Gasteiger partial charge is 0.496 e. The molecule has 4 heteroatoms. The third-order valence-electron chi connectivity index (χ3n) is 4.60. The summed E-state index contributed by atoms with van der Waals surface area (Å²) >= 11 is 0. The highest BCUT2D eigenvalue weighted by Gasteiger charge is 2.31. The Morgan fingerprint density at radius 3 is 2.90 bits per heavy atom. The highest BCUT2D eigenvalue weighted by atomic mass is 19.1. The molecule has 0 heterocycles. The number of hydrogen-bond donors (Lipinski definition) is 2. The molecule has 2 rings (SSSR count). The van der Waals surface area contributed by atoms with E-state index in [1.807, 2.05) is 0 Å². The highest BCUT2D eigenvalue weighted by molar-refractivity contribution is 5.37. The topological polar surface area (TPSA) is 47.3 Å². The minimum Gasteiger partial charge on any atom is -0.496 e. The summed E-state index contributed by atoms with van der Waals surface area (Å²) in [6.45, 7) is 2.22. The van der Waals surface area contributed by atoms with Crippen LogP contribution in [0.25, 0.3) is 0 Å². The first-order chi connectivity index (χ1) is 9.71. The molecule has 3 atom stereocenters. The molecule has 0 bridgehead atoms. The summed E-state index contributed by atoms with van der Waals surface area (Å²) in [5.74, 6) is 7.16. The first-order valence-electron chi connectivity index (χ1n) is 7.49. The molecular weight excluding hydrogens is 255 g/mol. The monoisotopic (exact) mass is 280 g/mol. The van der Waals surface area contributed by atoms with Crippen molar-refractivity contribution in [3.63, 3.8) is 0 Å². The lowest BCUT2D eigenvalue weighted by atomic mass is 9.75. The Balaban J connectivity index is 2.28. The van der Waals surface area contributed by atoms with Crippen LogP contribution in [0.3, 0.4) is 0 Å². The van der Waals surface area contributed by atoms with Crippen LogP contribution < -0.4 is 16.0 Å². The van der Waals surface area contributed by atoms with E-state index in [4.69, 9.17) is 10.6 Å². The van der Waals surface area contributed by atoms with Gasteiger partial charge in [-0.05, 0) is 36.8 Å². The highest BCUT2D eigenvalue weighted by Crippen LogP contribution is 2.41.